The zero-order valence-electron chi connectivity index (χ0n) is 11.1. The molecule has 19 heavy (non-hydrogen) atoms. The van der Waals surface area contributed by atoms with Gasteiger partial charge in [-0.05, 0) is 37.4 Å². The molecule has 0 radical (unpaired) electrons. The molecule has 0 aromatic rings. The van der Waals surface area contributed by atoms with Crippen LogP contribution >= 0.6 is 0 Å². The summed E-state index contributed by atoms with van der Waals surface area (Å²) in [5, 5.41) is 11.3. The number of hydrogen-bond acceptors (Lipinski definition) is 4. The summed E-state index contributed by atoms with van der Waals surface area (Å²) in [6.07, 6.45) is 0.239. The molecule has 0 aromatic carbocycles. The summed E-state index contributed by atoms with van der Waals surface area (Å²) >= 11 is 0. The van der Waals surface area contributed by atoms with Gasteiger partial charge < -0.3 is 9.53 Å². The number of hydrogen-bond donors (Lipinski definition) is 0. The lowest BCUT2D eigenvalue weighted by atomic mass is 10.1. The van der Waals surface area contributed by atoms with Crippen molar-refractivity contribution in [2.24, 2.45) is 10.3 Å². The molecule has 0 aliphatic rings. The molecule has 0 saturated carbocycles. The van der Waals surface area contributed by atoms with E-state index in [1.54, 1.807) is 0 Å². The van der Waals surface area contributed by atoms with Crippen molar-refractivity contribution in [3.05, 3.63) is 0 Å². The first-order valence-corrected chi connectivity index (χ1v) is 10.0. The molecule has 10 heteroatoms. The van der Waals surface area contributed by atoms with Gasteiger partial charge in [-0.25, -0.2) is 0 Å². The van der Waals surface area contributed by atoms with E-state index in [-0.39, 0.29) is 6.42 Å². The van der Waals surface area contributed by atoms with E-state index >= 15 is 0 Å². The maximum atomic E-state index is 12.0. The Labute approximate surface area is 111 Å². The van der Waals surface area contributed by atoms with Crippen molar-refractivity contribution in [1.29, 1.82) is 0 Å². The number of sulfonamides is 1. The van der Waals surface area contributed by atoms with Gasteiger partial charge in [-0.15, -0.1) is 0 Å². The Balaban J connectivity index is 4.80. The van der Waals surface area contributed by atoms with Gasteiger partial charge in [0, 0.05) is 7.11 Å². The third-order valence-electron chi connectivity index (χ3n) is 2.66. The van der Waals surface area contributed by atoms with E-state index in [4.69, 9.17) is 4.43 Å². The van der Waals surface area contributed by atoms with Crippen LogP contribution in [0.15, 0.2) is 4.40 Å². The maximum absolute atomic E-state index is 12.0. The fourth-order valence-corrected chi connectivity index (χ4v) is 2.90. The average molecular weight is 320 g/mol. The fraction of sp³-hybridized carbons (Fsp3) is 0.889. The van der Waals surface area contributed by atoms with Crippen LogP contribution < -0.4 is 5.11 Å². The molecule has 0 aliphatic carbocycles. The lowest BCUT2D eigenvalue weighted by Crippen LogP contribution is -2.33. The highest BCUT2D eigenvalue weighted by atomic mass is 32.2. The van der Waals surface area contributed by atoms with Crippen LogP contribution in [0.25, 0.3) is 0 Å². The number of rotatable bonds is 6. The van der Waals surface area contributed by atoms with Crippen LogP contribution in [0.3, 0.4) is 0 Å². The van der Waals surface area contributed by atoms with Crippen LogP contribution in [-0.4, -0.2) is 35.3 Å². The van der Waals surface area contributed by atoms with Crippen molar-refractivity contribution in [3.8, 4) is 0 Å². The molecule has 0 amide bonds. The van der Waals surface area contributed by atoms with E-state index in [1.807, 2.05) is 13.1 Å². The SMILES string of the molecule is CO[Si](C)(C)CCC(C)/C([O-])=N\S(=O)(=O)C(F)(F)F. The molecule has 0 aliphatic heterocycles. The van der Waals surface area contributed by atoms with Crippen LogP contribution in [0.4, 0.5) is 13.2 Å². The normalized spacial score (nSPS) is 16.5. The molecule has 1 unspecified atom stereocenters. The lowest BCUT2D eigenvalue weighted by molar-refractivity contribution is -0.223. The van der Waals surface area contributed by atoms with Gasteiger partial charge in [-0.2, -0.15) is 26.0 Å². The van der Waals surface area contributed by atoms with Crippen molar-refractivity contribution in [3.63, 3.8) is 0 Å². The first-order chi connectivity index (χ1) is 8.32. The second-order valence-corrected chi connectivity index (χ2v) is 10.8. The highest BCUT2D eigenvalue weighted by Gasteiger charge is 2.45. The molecular formula is C9H17F3NO4SSi-. The maximum Gasteiger partial charge on any atom is 0.518 e. The van der Waals surface area contributed by atoms with Crippen molar-refractivity contribution in [2.45, 2.75) is 38.0 Å². The zero-order chi connectivity index (χ0) is 15.5. The summed E-state index contributed by atoms with van der Waals surface area (Å²) in [5.41, 5.74) is -5.54. The molecule has 5 nitrogen and oxygen atoms in total. The lowest BCUT2D eigenvalue weighted by Gasteiger charge is -2.24. The topological polar surface area (TPSA) is 78.8 Å². The van der Waals surface area contributed by atoms with Gasteiger partial charge >= 0.3 is 15.5 Å². The predicted octanol–water partition coefficient (Wildman–Crippen LogP) is 1.47. The fourth-order valence-electron chi connectivity index (χ4n) is 1.05. The van der Waals surface area contributed by atoms with E-state index in [0.29, 0.717) is 6.04 Å². The van der Waals surface area contributed by atoms with Gasteiger partial charge in [0.1, 0.15) is 0 Å². The summed E-state index contributed by atoms with van der Waals surface area (Å²) in [7, 11) is -6.17. The minimum atomic E-state index is -5.75. The monoisotopic (exact) mass is 320 g/mol. The molecule has 0 spiro atoms. The van der Waals surface area contributed by atoms with Crippen molar-refractivity contribution >= 4 is 24.2 Å². The summed E-state index contributed by atoms with van der Waals surface area (Å²) in [6.45, 7) is 5.11. The highest BCUT2D eigenvalue weighted by Crippen LogP contribution is 2.25. The average Bonchev–Trinajstić information content (AvgIpc) is 2.23. The third kappa shape index (κ3) is 5.91. The summed E-state index contributed by atoms with van der Waals surface area (Å²) in [4.78, 5) is 0. The molecule has 0 bridgehead atoms. The number of alkyl halides is 3. The summed E-state index contributed by atoms with van der Waals surface area (Å²) < 4.78 is 65.0. The van der Waals surface area contributed by atoms with E-state index in [2.05, 4.69) is 4.40 Å². The van der Waals surface area contributed by atoms with Crippen LogP contribution in [-0.2, 0) is 14.4 Å². The van der Waals surface area contributed by atoms with Crippen LogP contribution in [0.1, 0.15) is 13.3 Å². The molecule has 1 atom stereocenters. The van der Waals surface area contributed by atoms with Gasteiger partial charge in [0.2, 0.25) is 0 Å². The molecule has 0 fully saturated rings. The van der Waals surface area contributed by atoms with Crippen LogP contribution in [0.5, 0.6) is 0 Å². The molecule has 0 rings (SSSR count). The van der Waals surface area contributed by atoms with Crippen molar-refractivity contribution < 1.29 is 31.1 Å². The van der Waals surface area contributed by atoms with E-state index in [1.165, 1.54) is 14.0 Å². The Morgan fingerprint density at radius 1 is 1.42 bits per heavy atom. The summed E-state index contributed by atoms with van der Waals surface area (Å²) in [5.74, 6) is -2.17. The quantitative estimate of drug-likeness (QED) is 0.422. The van der Waals surface area contributed by atoms with E-state index < -0.39 is 35.7 Å². The minimum absolute atomic E-state index is 0.239. The first-order valence-electron chi connectivity index (χ1n) is 5.45. The molecule has 0 N–H and O–H groups in total. The van der Waals surface area contributed by atoms with Crippen molar-refractivity contribution in [1.82, 2.24) is 0 Å². The Kier molecular flexibility index (Phi) is 6.02. The molecule has 0 saturated heterocycles. The molecule has 0 aromatic heterocycles. The third-order valence-corrected chi connectivity index (χ3v) is 6.26. The van der Waals surface area contributed by atoms with E-state index in [0.717, 1.165) is 0 Å². The Morgan fingerprint density at radius 3 is 2.26 bits per heavy atom. The van der Waals surface area contributed by atoms with Crippen LogP contribution in [0.2, 0.25) is 19.1 Å². The van der Waals surface area contributed by atoms with Gasteiger partial charge in [-0.3, -0.25) is 0 Å². The smallest absolute Gasteiger partial charge is 0.518 e. The zero-order valence-corrected chi connectivity index (χ0v) is 12.9. The first kappa shape index (κ1) is 18.4. The van der Waals surface area contributed by atoms with Crippen molar-refractivity contribution in [2.75, 3.05) is 7.11 Å². The second kappa shape index (κ2) is 6.22. The molecule has 0 heterocycles. The highest BCUT2D eigenvalue weighted by molar-refractivity contribution is 7.91. The van der Waals surface area contributed by atoms with Gasteiger partial charge in [0.25, 0.3) is 0 Å². The Bertz CT molecular complexity index is 433. The minimum Gasteiger partial charge on any atom is -0.861 e. The second-order valence-electron chi connectivity index (χ2n) is 4.75. The Hall–Kier alpha value is -0.613. The standard InChI is InChI=1S/C9H18F3NO4SSi/c1-7(5-6-19(3,4)17-2)8(14)13-18(15,16)9(10,11)12/h7H,5-6H2,1-4H3,(H,13,14)/p-1. The summed E-state index contributed by atoms with van der Waals surface area (Å²) in [6, 6.07) is 0.526. The van der Waals surface area contributed by atoms with Crippen LogP contribution in [0, 0.1) is 5.92 Å². The predicted molar refractivity (Wildman–Crippen MR) is 65.5 cm³/mol. The van der Waals surface area contributed by atoms with Gasteiger partial charge in [0.15, 0.2) is 8.32 Å². The Morgan fingerprint density at radius 2 is 1.89 bits per heavy atom. The molecular weight excluding hydrogens is 303 g/mol. The van der Waals surface area contributed by atoms with Gasteiger partial charge in [0.05, 0.1) is 0 Å². The van der Waals surface area contributed by atoms with Gasteiger partial charge in [-0.1, -0.05) is 6.92 Å². The number of nitrogens with zero attached hydrogens (tertiary/aromatic N) is 1. The van der Waals surface area contributed by atoms with E-state index in [9.17, 15) is 26.7 Å². The number of halogens is 3. The largest absolute Gasteiger partial charge is 0.861 e. The molecule has 114 valence electrons.